The molecule has 1 aromatic heterocycles. The Morgan fingerprint density at radius 3 is 2.48 bits per heavy atom. The maximum atomic E-state index is 12.7. The fourth-order valence-electron chi connectivity index (χ4n) is 3.13. The molecule has 0 bridgehead atoms. The summed E-state index contributed by atoms with van der Waals surface area (Å²) in [6.07, 6.45) is 6.23. The van der Waals surface area contributed by atoms with E-state index in [1.165, 1.54) is 12.8 Å². The number of anilines is 1. The molecule has 1 N–H and O–H groups in total. The molecule has 1 amide bonds. The van der Waals surface area contributed by atoms with Crippen molar-refractivity contribution in [2.24, 2.45) is 0 Å². The molecule has 2 heterocycles. The highest BCUT2D eigenvalue weighted by Gasteiger charge is 2.18. The summed E-state index contributed by atoms with van der Waals surface area (Å²) < 4.78 is 10.8. The van der Waals surface area contributed by atoms with Crippen LogP contribution in [-0.2, 0) is 0 Å². The minimum Gasteiger partial charge on any atom is -0.497 e. The van der Waals surface area contributed by atoms with Gasteiger partial charge in [-0.3, -0.25) is 9.78 Å². The van der Waals surface area contributed by atoms with Gasteiger partial charge >= 0.3 is 0 Å². The van der Waals surface area contributed by atoms with Crippen LogP contribution in [0.2, 0.25) is 0 Å². The van der Waals surface area contributed by atoms with E-state index in [0.717, 1.165) is 43.1 Å². The van der Waals surface area contributed by atoms with Crippen LogP contribution in [0.15, 0.2) is 42.6 Å². The van der Waals surface area contributed by atoms with Gasteiger partial charge in [-0.25, -0.2) is 0 Å². The Hall–Kier alpha value is -2.76. The van der Waals surface area contributed by atoms with Crippen LogP contribution in [0.3, 0.4) is 0 Å². The van der Waals surface area contributed by atoms with E-state index < -0.39 is 0 Å². The van der Waals surface area contributed by atoms with E-state index in [2.05, 4.69) is 10.3 Å². The molecule has 0 spiro atoms. The second kappa shape index (κ2) is 9.80. The standard InChI is InChI=1S/C21H27N3O3/c1-26-18-6-8-19(9-7-18)27-15-12-22-17-10-11-23-20(16-17)21(25)24-13-4-2-3-5-14-24/h6-11,16H,2-5,12-15H2,1H3,(H,22,23). The van der Waals surface area contributed by atoms with Crippen molar-refractivity contribution in [3.8, 4) is 11.5 Å². The number of pyridine rings is 1. The van der Waals surface area contributed by atoms with Crippen molar-refractivity contribution in [2.45, 2.75) is 25.7 Å². The lowest BCUT2D eigenvalue weighted by atomic mass is 10.2. The van der Waals surface area contributed by atoms with Gasteiger partial charge in [0.15, 0.2) is 0 Å². The van der Waals surface area contributed by atoms with Gasteiger partial charge < -0.3 is 19.7 Å². The van der Waals surface area contributed by atoms with Crippen molar-refractivity contribution in [1.29, 1.82) is 0 Å². The molecule has 0 aliphatic carbocycles. The van der Waals surface area contributed by atoms with E-state index in [1.807, 2.05) is 41.3 Å². The molecule has 27 heavy (non-hydrogen) atoms. The summed E-state index contributed by atoms with van der Waals surface area (Å²) in [5.41, 5.74) is 1.37. The average Bonchev–Trinajstić information content (AvgIpc) is 3.01. The van der Waals surface area contributed by atoms with Crippen LogP contribution >= 0.6 is 0 Å². The Morgan fingerprint density at radius 1 is 1.07 bits per heavy atom. The molecule has 0 saturated carbocycles. The number of carbonyl (C=O) groups is 1. The van der Waals surface area contributed by atoms with Crippen molar-refractivity contribution >= 4 is 11.6 Å². The molecule has 1 aromatic carbocycles. The lowest BCUT2D eigenvalue weighted by molar-refractivity contribution is 0.0756. The van der Waals surface area contributed by atoms with Crippen LogP contribution in [0.5, 0.6) is 11.5 Å². The number of hydrogen-bond donors (Lipinski definition) is 1. The predicted molar refractivity (Wildman–Crippen MR) is 106 cm³/mol. The van der Waals surface area contributed by atoms with E-state index in [0.29, 0.717) is 18.8 Å². The zero-order valence-corrected chi connectivity index (χ0v) is 15.8. The van der Waals surface area contributed by atoms with Crippen molar-refractivity contribution in [1.82, 2.24) is 9.88 Å². The number of rotatable bonds is 7. The zero-order chi connectivity index (χ0) is 18.9. The molecule has 2 aromatic rings. The van der Waals surface area contributed by atoms with Gasteiger partial charge in [-0.1, -0.05) is 12.8 Å². The number of nitrogens with one attached hydrogen (secondary N) is 1. The number of methoxy groups -OCH3 is 1. The second-order valence-corrected chi connectivity index (χ2v) is 6.59. The maximum absolute atomic E-state index is 12.7. The predicted octanol–water partition coefficient (Wildman–Crippen LogP) is 3.60. The zero-order valence-electron chi connectivity index (χ0n) is 15.8. The first kappa shape index (κ1) is 19.0. The van der Waals surface area contributed by atoms with Gasteiger partial charge in [0.25, 0.3) is 5.91 Å². The van der Waals surface area contributed by atoms with Gasteiger partial charge in [0.05, 0.1) is 7.11 Å². The van der Waals surface area contributed by atoms with Gasteiger partial charge in [-0.2, -0.15) is 0 Å². The van der Waals surface area contributed by atoms with E-state index in [1.54, 1.807) is 13.3 Å². The molecule has 1 aliphatic heterocycles. The third-order valence-electron chi connectivity index (χ3n) is 4.63. The molecular weight excluding hydrogens is 342 g/mol. The summed E-state index contributed by atoms with van der Waals surface area (Å²) in [7, 11) is 1.64. The minimum atomic E-state index is 0.0232. The molecule has 6 heteroatoms. The van der Waals surface area contributed by atoms with E-state index in [-0.39, 0.29) is 5.91 Å². The summed E-state index contributed by atoms with van der Waals surface area (Å²) in [5.74, 6) is 1.62. The highest BCUT2D eigenvalue weighted by molar-refractivity contribution is 5.93. The summed E-state index contributed by atoms with van der Waals surface area (Å²) in [6, 6.07) is 11.2. The Kier molecular flexibility index (Phi) is 6.90. The Morgan fingerprint density at radius 2 is 1.78 bits per heavy atom. The third-order valence-corrected chi connectivity index (χ3v) is 4.63. The smallest absolute Gasteiger partial charge is 0.272 e. The number of likely N-dealkylation sites (tertiary alicyclic amines) is 1. The minimum absolute atomic E-state index is 0.0232. The van der Waals surface area contributed by atoms with Gasteiger partial charge in [0.1, 0.15) is 23.8 Å². The first-order valence-corrected chi connectivity index (χ1v) is 9.52. The molecule has 1 aliphatic rings. The Balaban J connectivity index is 1.48. The monoisotopic (exact) mass is 369 g/mol. The lowest BCUT2D eigenvalue weighted by Crippen LogP contribution is -2.32. The van der Waals surface area contributed by atoms with Gasteiger partial charge in [-0.05, 0) is 49.2 Å². The van der Waals surface area contributed by atoms with Gasteiger partial charge in [0, 0.05) is 31.5 Å². The SMILES string of the molecule is COc1ccc(OCCNc2ccnc(C(=O)N3CCCCCC3)c2)cc1. The van der Waals surface area contributed by atoms with Crippen LogP contribution in [0.4, 0.5) is 5.69 Å². The summed E-state index contributed by atoms with van der Waals surface area (Å²) in [4.78, 5) is 18.9. The van der Waals surface area contributed by atoms with E-state index in [4.69, 9.17) is 9.47 Å². The third kappa shape index (κ3) is 5.61. The number of hydrogen-bond acceptors (Lipinski definition) is 5. The van der Waals surface area contributed by atoms with Crippen LogP contribution in [0, 0.1) is 0 Å². The van der Waals surface area contributed by atoms with Crippen LogP contribution in [0.1, 0.15) is 36.2 Å². The Labute approximate surface area is 160 Å². The van der Waals surface area contributed by atoms with Crippen molar-refractivity contribution in [2.75, 3.05) is 38.7 Å². The number of benzene rings is 1. The lowest BCUT2D eigenvalue weighted by Gasteiger charge is -2.20. The second-order valence-electron chi connectivity index (χ2n) is 6.59. The summed E-state index contributed by atoms with van der Waals surface area (Å²) in [6.45, 7) is 2.80. The number of nitrogens with zero attached hydrogens (tertiary/aromatic N) is 2. The largest absolute Gasteiger partial charge is 0.497 e. The molecule has 1 saturated heterocycles. The van der Waals surface area contributed by atoms with Crippen LogP contribution < -0.4 is 14.8 Å². The van der Waals surface area contributed by atoms with Crippen LogP contribution in [0.25, 0.3) is 0 Å². The highest BCUT2D eigenvalue weighted by Crippen LogP contribution is 2.17. The van der Waals surface area contributed by atoms with Crippen molar-refractivity contribution in [3.63, 3.8) is 0 Å². The average molecular weight is 369 g/mol. The fourth-order valence-corrected chi connectivity index (χ4v) is 3.13. The first-order chi connectivity index (χ1) is 13.3. The molecule has 144 valence electrons. The maximum Gasteiger partial charge on any atom is 0.272 e. The van der Waals surface area contributed by atoms with E-state index >= 15 is 0 Å². The van der Waals surface area contributed by atoms with E-state index in [9.17, 15) is 4.79 Å². The molecule has 0 atom stereocenters. The molecule has 0 unspecified atom stereocenters. The molecule has 0 radical (unpaired) electrons. The number of ether oxygens (including phenoxy) is 2. The highest BCUT2D eigenvalue weighted by atomic mass is 16.5. The van der Waals surface area contributed by atoms with Crippen molar-refractivity contribution < 1.29 is 14.3 Å². The molecule has 3 rings (SSSR count). The molecule has 6 nitrogen and oxygen atoms in total. The quantitative estimate of drug-likeness (QED) is 0.756. The van der Waals surface area contributed by atoms with Gasteiger partial charge in [0.2, 0.25) is 0 Å². The number of aromatic nitrogens is 1. The normalized spacial score (nSPS) is 14.3. The molecule has 1 fully saturated rings. The Bertz CT molecular complexity index is 726. The molecular formula is C21H27N3O3. The topological polar surface area (TPSA) is 63.7 Å². The number of amides is 1. The summed E-state index contributed by atoms with van der Waals surface area (Å²) >= 11 is 0. The first-order valence-electron chi connectivity index (χ1n) is 9.52. The van der Waals surface area contributed by atoms with Gasteiger partial charge in [-0.15, -0.1) is 0 Å². The summed E-state index contributed by atoms with van der Waals surface area (Å²) in [5, 5.41) is 3.29. The van der Waals surface area contributed by atoms with Crippen LogP contribution in [-0.4, -0.2) is 49.1 Å². The van der Waals surface area contributed by atoms with Crippen molar-refractivity contribution in [3.05, 3.63) is 48.3 Å². The number of carbonyl (C=O) groups excluding carboxylic acids is 1. The fraction of sp³-hybridized carbons (Fsp3) is 0.429.